The molecular formula is C17H15FNO4-. The van der Waals surface area contributed by atoms with Crippen LogP contribution in [0, 0.1) is 5.82 Å². The molecule has 0 unspecified atom stereocenters. The third-order valence-corrected chi connectivity index (χ3v) is 3.14. The molecule has 0 bridgehead atoms. The molecule has 2 aromatic rings. The highest BCUT2D eigenvalue weighted by molar-refractivity contribution is 5.78. The van der Waals surface area contributed by atoms with Gasteiger partial charge < -0.3 is 20.0 Å². The van der Waals surface area contributed by atoms with Crippen LogP contribution in [-0.2, 0) is 22.6 Å². The van der Waals surface area contributed by atoms with Crippen LogP contribution in [0.15, 0.2) is 54.6 Å². The zero-order valence-electron chi connectivity index (χ0n) is 12.2. The Balaban J connectivity index is 1.89. The SMILES string of the molecule is O=C(N[C@@H](Cc1ccc(F)cc1)C(=O)[O-])OCc1ccccc1. The van der Waals surface area contributed by atoms with E-state index in [0.29, 0.717) is 5.56 Å². The lowest BCUT2D eigenvalue weighted by atomic mass is 10.1. The average Bonchev–Trinajstić information content (AvgIpc) is 2.55. The number of ether oxygens (including phenoxy) is 1. The second kappa shape index (κ2) is 7.93. The summed E-state index contributed by atoms with van der Waals surface area (Å²) in [5.74, 6) is -1.86. The maximum Gasteiger partial charge on any atom is 0.408 e. The summed E-state index contributed by atoms with van der Waals surface area (Å²) in [7, 11) is 0. The quantitative estimate of drug-likeness (QED) is 0.874. The third kappa shape index (κ3) is 5.43. The van der Waals surface area contributed by atoms with Crippen LogP contribution in [0.1, 0.15) is 11.1 Å². The summed E-state index contributed by atoms with van der Waals surface area (Å²) in [6, 6.07) is 13.1. The van der Waals surface area contributed by atoms with Crippen LogP contribution in [-0.4, -0.2) is 18.1 Å². The smallest absolute Gasteiger partial charge is 0.408 e. The first-order chi connectivity index (χ1) is 11.0. The van der Waals surface area contributed by atoms with Gasteiger partial charge in [-0.1, -0.05) is 42.5 Å². The molecule has 1 amide bonds. The van der Waals surface area contributed by atoms with E-state index in [9.17, 15) is 19.1 Å². The molecule has 0 saturated carbocycles. The number of amides is 1. The van der Waals surface area contributed by atoms with E-state index in [0.717, 1.165) is 5.56 Å². The van der Waals surface area contributed by atoms with Crippen LogP contribution in [0.3, 0.4) is 0 Å². The molecule has 1 atom stereocenters. The fourth-order valence-electron chi connectivity index (χ4n) is 1.96. The molecule has 0 aliphatic rings. The lowest BCUT2D eigenvalue weighted by Gasteiger charge is -2.19. The van der Waals surface area contributed by atoms with Crippen molar-refractivity contribution in [2.24, 2.45) is 0 Å². The van der Waals surface area contributed by atoms with E-state index in [1.54, 1.807) is 24.3 Å². The molecule has 0 saturated heterocycles. The maximum absolute atomic E-state index is 12.8. The Labute approximate surface area is 132 Å². The normalized spacial score (nSPS) is 11.5. The van der Waals surface area contributed by atoms with Crippen molar-refractivity contribution < 1.29 is 23.8 Å². The second-order valence-corrected chi connectivity index (χ2v) is 4.91. The molecule has 0 heterocycles. The minimum absolute atomic E-state index is 0.0248. The summed E-state index contributed by atoms with van der Waals surface area (Å²) in [5, 5.41) is 13.4. The Hall–Kier alpha value is -2.89. The van der Waals surface area contributed by atoms with Crippen LogP contribution in [0.25, 0.3) is 0 Å². The van der Waals surface area contributed by atoms with E-state index >= 15 is 0 Å². The molecule has 6 heteroatoms. The van der Waals surface area contributed by atoms with Crippen LogP contribution < -0.4 is 10.4 Å². The summed E-state index contributed by atoms with van der Waals surface area (Å²) in [4.78, 5) is 22.8. The number of halogens is 1. The Morgan fingerprint density at radius 3 is 2.30 bits per heavy atom. The standard InChI is InChI=1S/C17H16FNO4/c18-14-8-6-12(7-9-14)10-15(16(20)21)19-17(22)23-11-13-4-2-1-3-5-13/h1-9,15H,10-11H2,(H,19,22)(H,20,21)/p-1/t15-/m0/s1. The van der Waals surface area contributed by atoms with Gasteiger partial charge in [0.05, 0.1) is 12.0 Å². The molecule has 0 radical (unpaired) electrons. The van der Waals surface area contributed by atoms with Gasteiger partial charge in [-0.2, -0.15) is 0 Å². The minimum atomic E-state index is -1.44. The van der Waals surface area contributed by atoms with Crippen molar-refractivity contribution >= 4 is 12.1 Å². The third-order valence-electron chi connectivity index (χ3n) is 3.14. The number of hydrogen-bond donors (Lipinski definition) is 1. The summed E-state index contributed by atoms with van der Waals surface area (Å²) in [6.07, 6.45) is -0.881. The van der Waals surface area contributed by atoms with Gasteiger partial charge in [0.25, 0.3) is 0 Å². The number of rotatable bonds is 6. The molecule has 1 N–H and O–H groups in total. The van der Waals surface area contributed by atoms with E-state index in [1.807, 2.05) is 6.07 Å². The summed E-state index contributed by atoms with van der Waals surface area (Å²) >= 11 is 0. The van der Waals surface area contributed by atoms with Gasteiger partial charge in [0.1, 0.15) is 12.4 Å². The molecule has 23 heavy (non-hydrogen) atoms. The number of carbonyl (C=O) groups excluding carboxylic acids is 2. The first-order valence-electron chi connectivity index (χ1n) is 6.97. The van der Waals surface area contributed by atoms with Gasteiger partial charge in [-0.25, -0.2) is 9.18 Å². The molecule has 0 aromatic heterocycles. The number of carboxylic acid groups (broad SMARTS) is 1. The van der Waals surface area contributed by atoms with Crippen molar-refractivity contribution in [3.05, 3.63) is 71.5 Å². The molecule has 0 fully saturated rings. The summed E-state index contributed by atoms with van der Waals surface area (Å²) in [5.41, 5.74) is 1.34. The Bertz CT molecular complexity index is 658. The van der Waals surface area contributed by atoms with E-state index in [1.165, 1.54) is 24.3 Å². The zero-order valence-corrected chi connectivity index (χ0v) is 12.2. The lowest BCUT2D eigenvalue weighted by Crippen LogP contribution is -2.49. The highest BCUT2D eigenvalue weighted by Crippen LogP contribution is 2.06. The fraction of sp³-hybridized carbons (Fsp3) is 0.176. The number of aliphatic carboxylic acids is 1. The fourth-order valence-corrected chi connectivity index (χ4v) is 1.96. The van der Waals surface area contributed by atoms with E-state index < -0.39 is 23.9 Å². The van der Waals surface area contributed by atoms with Crippen LogP contribution >= 0.6 is 0 Å². The van der Waals surface area contributed by atoms with Crippen LogP contribution in [0.2, 0.25) is 0 Å². The van der Waals surface area contributed by atoms with Gasteiger partial charge in [-0.15, -0.1) is 0 Å². The number of hydrogen-bond acceptors (Lipinski definition) is 4. The predicted molar refractivity (Wildman–Crippen MR) is 78.7 cm³/mol. The topological polar surface area (TPSA) is 78.5 Å². The van der Waals surface area contributed by atoms with Gasteiger partial charge in [0, 0.05) is 0 Å². The number of alkyl carbamates (subject to hydrolysis) is 1. The molecular weight excluding hydrogens is 301 g/mol. The van der Waals surface area contributed by atoms with Crippen molar-refractivity contribution in [2.45, 2.75) is 19.1 Å². The predicted octanol–water partition coefficient (Wildman–Crippen LogP) is 1.41. The molecule has 0 aliphatic heterocycles. The average molecular weight is 316 g/mol. The zero-order chi connectivity index (χ0) is 16.7. The highest BCUT2D eigenvalue weighted by atomic mass is 19.1. The molecule has 0 spiro atoms. The maximum atomic E-state index is 12.8. The first kappa shape index (κ1) is 16.5. The van der Waals surface area contributed by atoms with Crippen LogP contribution in [0.5, 0.6) is 0 Å². The van der Waals surface area contributed by atoms with Crippen LogP contribution in [0.4, 0.5) is 9.18 Å². The molecule has 2 aromatic carbocycles. The number of benzene rings is 2. The summed E-state index contributed by atoms with van der Waals surface area (Å²) < 4.78 is 17.8. The molecule has 5 nitrogen and oxygen atoms in total. The van der Waals surface area contributed by atoms with Gasteiger partial charge in [-0.05, 0) is 29.7 Å². The highest BCUT2D eigenvalue weighted by Gasteiger charge is 2.15. The van der Waals surface area contributed by atoms with Gasteiger partial charge in [0.2, 0.25) is 0 Å². The number of carboxylic acids is 1. The van der Waals surface area contributed by atoms with Crippen molar-refractivity contribution in [2.75, 3.05) is 0 Å². The molecule has 2 rings (SSSR count). The first-order valence-corrected chi connectivity index (χ1v) is 6.97. The monoisotopic (exact) mass is 316 g/mol. The van der Waals surface area contributed by atoms with Gasteiger partial charge >= 0.3 is 6.09 Å². The van der Waals surface area contributed by atoms with E-state index in [-0.39, 0.29) is 13.0 Å². The van der Waals surface area contributed by atoms with Crippen molar-refractivity contribution in [1.82, 2.24) is 5.32 Å². The molecule has 0 aliphatic carbocycles. The lowest BCUT2D eigenvalue weighted by molar-refractivity contribution is -0.308. The Morgan fingerprint density at radius 1 is 1.04 bits per heavy atom. The second-order valence-electron chi connectivity index (χ2n) is 4.91. The van der Waals surface area contributed by atoms with E-state index in [4.69, 9.17) is 4.74 Å². The number of nitrogens with one attached hydrogen (secondary N) is 1. The molecule has 120 valence electrons. The Morgan fingerprint density at radius 2 is 1.70 bits per heavy atom. The van der Waals surface area contributed by atoms with Crippen molar-refractivity contribution in [1.29, 1.82) is 0 Å². The van der Waals surface area contributed by atoms with E-state index in [2.05, 4.69) is 5.32 Å². The minimum Gasteiger partial charge on any atom is -0.548 e. The van der Waals surface area contributed by atoms with Crippen molar-refractivity contribution in [3.63, 3.8) is 0 Å². The Kier molecular flexibility index (Phi) is 5.68. The van der Waals surface area contributed by atoms with Gasteiger partial charge in [0.15, 0.2) is 0 Å². The summed E-state index contributed by atoms with van der Waals surface area (Å²) in [6.45, 7) is 0.0307. The largest absolute Gasteiger partial charge is 0.548 e. The van der Waals surface area contributed by atoms with Crippen molar-refractivity contribution in [3.8, 4) is 0 Å². The van der Waals surface area contributed by atoms with Gasteiger partial charge in [-0.3, -0.25) is 0 Å². The number of carbonyl (C=O) groups is 2.